The molecule has 2 aromatic rings. The van der Waals surface area contributed by atoms with Crippen molar-refractivity contribution in [1.82, 2.24) is 0 Å². The van der Waals surface area contributed by atoms with Crippen molar-refractivity contribution in [3.63, 3.8) is 0 Å². The lowest BCUT2D eigenvalue weighted by molar-refractivity contribution is -0.131. The zero-order valence-electron chi connectivity index (χ0n) is 10.1. The third-order valence-electron chi connectivity index (χ3n) is 2.87. The molecule has 0 saturated heterocycles. The molecule has 0 radical (unpaired) electrons. The molecular weight excluding hydrogens is 224 g/mol. The van der Waals surface area contributed by atoms with Gasteiger partial charge in [0.2, 0.25) is 0 Å². The van der Waals surface area contributed by atoms with Gasteiger partial charge < -0.3 is 5.11 Å². The maximum absolute atomic E-state index is 10.6. The lowest BCUT2D eigenvalue weighted by Gasteiger charge is -2.08. The van der Waals surface area contributed by atoms with E-state index in [1.165, 1.54) is 0 Å². The van der Waals surface area contributed by atoms with Crippen LogP contribution in [0.1, 0.15) is 11.1 Å². The average Bonchev–Trinajstić information content (AvgIpc) is 2.38. The molecule has 2 aromatic carbocycles. The van der Waals surface area contributed by atoms with Gasteiger partial charge in [0.15, 0.2) is 0 Å². The van der Waals surface area contributed by atoms with Crippen LogP contribution in [-0.2, 0) is 4.79 Å². The van der Waals surface area contributed by atoms with Gasteiger partial charge in [0.05, 0.1) is 0 Å². The normalized spacial score (nSPS) is 10.7. The summed E-state index contributed by atoms with van der Waals surface area (Å²) in [7, 11) is 0. The first-order valence-corrected chi connectivity index (χ1v) is 5.74. The van der Waals surface area contributed by atoms with Crippen molar-refractivity contribution in [2.24, 2.45) is 0 Å². The first-order valence-electron chi connectivity index (χ1n) is 5.74. The van der Waals surface area contributed by atoms with Crippen LogP contribution in [-0.4, -0.2) is 11.1 Å². The van der Waals surface area contributed by atoms with E-state index in [2.05, 4.69) is 0 Å². The molecule has 0 spiro atoms. The van der Waals surface area contributed by atoms with Gasteiger partial charge in [-0.3, -0.25) is 0 Å². The van der Waals surface area contributed by atoms with Gasteiger partial charge in [0.25, 0.3) is 0 Å². The zero-order valence-corrected chi connectivity index (χ0v) is 10.1. The Morgan fingerprint density at radius 3 is 2.44 bits per heavy atom. The molecule has 0 atom stereocenters. The Hall–Kier alpha value is -2.35. The van der Waals surface area contributed by atoms with Crippen molar-refractivity contribution in [2.75, 3.05) is 0 Å². The van der Waals surface area contributed by atoms with Gasteiger partial charge >= 0.3 is 5.97 Å². The number of hydrogen-bond donors (Lipinski definition) is 1. The summed E-state index contributed by atoms with van der Waals surface area (Å²) in [5, 5.41) is 8.67. The van der Waals surface area contributed by atoms with E-state index in [4.69, 9.17) is 5.11 Å². The van der Waals surface area contributed by atoms with Crippen molar-refractivity contribution in [2.45, 2.75) is 6.92 Å². The lowest BCUT2D eigenvalue weighted by Crippen LogP contribution is -1.89. The van der Waals surface area contributed by atoms with Crippen molar-refractivity contribution < 1.29 is 9.90 Å². The highest BCUT2D eigenvalue weighted by Gasteiger charge is 2.03. The molecule has 18 heavy (non-hydrogen) atoms. The molecule has 0 aliphatic carbocycles. The van der Waals surface area contributed by atoms with Gasteiger partial charge in [-0.25, -0.2) is 4.79 Å². The van der Waals surface area contributed by atoms with Gasteiger partial charge in [0, 0.05) is 6.08 Å². The SMILES string of the molecule is Cc1c(C=CC(=O)O)cccc1-c1ccccc1. The minimum Gasteiger partial charge on any atom is -0.478 e. The Morgan fingerprint density at radius 2 is 1.78 bits per heavy atom. The molecule has 0 aromatic heterocycles. The largest absolute Gasteiger partial charge is 0.478 e. The van der Waals surface area contributed by atoms with Crippen LogP contribution in [0.25, 0.3) is 17.2 Å². The van der Waals surface area contributed by atoms with E-state index in [-0.39, 0.29) is 0 Å². The lowest BCUT2D eigenvalue weighted by atomic mass is 9.96. The van der Waals surface area contributed by atoms with Crippen LogP contribution >= 0.6 is 0 Å². The van der Waals surface area contributed by atoms with Crippen LogP contribution < -0.4 is 0 Å². The topological polar surface area (TPSA) is 37.3 Å². The fourth-order valence-electron chi connectivity index (χ4n) is 1.93. The summed E-state index contributed by atoms with van der Waals surface area (Å²) >= 11 is 0. The summed E-state index contributed by atoms with van der Waals surface area (Å²) in [6.07, 6.45) is 2.79. The van der Waals surface area contributed by atoms with Gasteiger partial charge in [-0.2, -0.15) is 0 Å². The summed E-state index contributed by atoms with van der Waals surface area (Å²) in [6, 6.07) is 16.0. The number of aliphatic carboxylic acids is 1. The number of rotatable bonds is 3. The van der Waals surface area contributed by atoms with E-state index in [1.54, 1.807) is 6.08 Å². The van der Waals surface area contributed by atoms with Crippen molar-refractivity contribution in [1.29, 1.82) is 0 Å². The maximum Gasteiger partial charge on any atom is 0.328 e. The van der Waals surface area contributed by atoms with Crippen molar-refractivity contribution in [3.05, 3.63) is 65.7 Å². The molecule has 0 fully saturated rings. The van der Waals surface area contributed by atoms with Crippen LogP contribution in [0, 0.1) is 6.92 Å². The number of carbonyl (C=O) groups is 1. The van der Waals surface area contributed by atoms with Crippen LogP contribution in [0.2, 0.25) is 0 Å². The Labute approximate surface area is 106 Å². The van der Waals surface area contributed by atoms with Crippen LogP contribution in [0.15, 0.2) is 54.6 Å². The first kappa shape index (κ1) is 12.1. The van der Waals surface area contributed by atoms with Gasteiger partial charge in [-0.15, -0.1) is 0 Å². The van der Waals surface area contributed by atoms with E-state index < -0.39 is 5.97 Å². The van der Waals surface area contributed by atoms with Crippen LogP contribution in [0.3, 0.4) is 0 Å². The summed E-state index contributed by atoms with van der Waals surface area (Å²) in [4.78, 5) is 10.6. The second kappa shape index (κ2) is 5.32. The molecule has 0 aliphatic rings. The van der Waals surface area contributed by atoms with Crippen molar-refractivity contribution in [3.8, 4) is 11.1 Å². The second-order valence-electron chi connectivity index (χ2n) is 4.06. The monoisotopic (exact) mass is 238 g/mol. The smallest absolute Gasteiger partial charge is 0.328 e. The van der Waals surface area contributed by atoms with Gasteiger partial charge in [0.1, 0.15) is 0 Å². The summed E-state index contributed by atoms with van der Waals surface area (Å²) in [5.74, 6) is -0.931. The fourth-order valence-corrected chi connectivity index (χ4v) is 1.93. The minimum atomic E-state index is -0.931. The number of carboxylic acids is 1. The molecule has 0 aliphatic heterocycles. The molecule has 0 heterocycles. The number of benzene rings is 2. The molecule has 2 rings (SSSR count). The highest BCUT2D eigenvalue weighted by Crippen LogP contribution is 2.26. The number of carboxylic acid groups (broad SMARTS) is 1. The molecule has 0 unspecified atom stereocenters. The molecule has 0 saturated carbocycles. The molecule has 0 amide bonds. The molecule has 90 valence electrons. The Kier molecular flexibility index (Phi) is 3.58. The maximum atomic E-state index is 10.6. The Balaban J connectivity index is 2.46. The van der Waals surface area contributed by atoms with Gasteiger partial charge in [-0.05, 0) is 35.3 Å². The third-order valence-corrected chi connectivity index (χ3v) is 2.87. The zero-order chi connectivity index (χ0) is 13.0. The van der Waals surface area contributed by atoms with Crippen LogP contribution in [0.4, 0.5) is 0 Å². The average molecular weight is 238 g/mol. The predicted molar refractivity (Wildman–Crippen MR) is 73.3 cm³/mol. The van der Waals surface area contributed by atoms with E-state index in [0.717, 1.165) is 28.3 Å². The summed E-state index contributed by atoms with van der Waals surface area (Å²) in [5.41, 5.74) is 4.28. The Morgan fingerprint density at radius 1 is 1.06 bits per heavy atom. The predicted octanol–water partition coefficient (Wildman–Crippen LogP) is 3.76. The fraction of sp³-hybridized carbons (Fsp3) is 0.0625. The second-order valence-corrected chi connectivity index (χ2v) is 4.06. The molecule has 0 bridgehead atoms. The standard InChI is InChI=1S/C16H14O2/c1-12-13(10-11-16(17)18)8-5-9-15(12)14-6-3-2-4-7-14/h2-11H,1H3,(H,17,18). The van der Waals surface area contributed by atoms with E-state index in [9.17, 15) is 4.79 Å². The highest BCUT2D eigenvalue weighted by atomic mass is 16.4. The van der Waals surface area contributed by atoms with E-state index in [1.807, 2.05) is 55.5 Å². The molecule has 2 heteroatoms. The van der Waals surface area contributed by atoms with Crippen molar-refractivity contribution >= 4 is 12.0 Å². The van der Waals surface area contributed by atoms with Crippen LogP contribution in [0.5, 0.6) is 0 Å². The summed E-state index contributed by atoms with van der Waals surface area (Å²) in [6.45, 7) is 2.00. The quantitative estimate of drug-likeness (QED) is 0.827. The summed E-state index contributed by atoms with van der Waals surface area (Å²) < 4.78 is 0. The molecule has 1 N–H and O–H groups in total. The molecule has 2 nitrogen and oxygen atoms in total. The minimum absolute atomic E-state index is 0.929. The Bertz CT molecular complexity index is 583. The molecular formula is C16H14O2. The first-order chi connectivity index (χ1) is 8.68. The van der Waals surface area contributed by atoms with E-state index in [0.29, 0.717) is 0 Å². The van der Waals surface area contributed by atoms with E-state index >= 15 is 0 Å². The highest BCUT2D eigenvalue weighted by molar-refractivity contribution is 5.86. The van der Waals surface area contributed by atoms with Gasteiger partial charge in [-0.1, -0.05) is 48.5 Å². The third kappa shape index (κ3) is 2.66. The number of hydrogen-bond acceptors (Lipinski definition) is 1.